The predicted octanol–water partition coefficient (Wildman–Crippen LogP) is 1.24. The van der Waals surface area contributed by atoms with E-state index in [-0.39, 0.29) is 5.97 Å². The predicted molar refractivity (Wildman–Crippen MR) is 76.4 cm³/mol. The second-order valence-electron chi connectivity index (χ2n) is 4.82. The molecule has 1 aliphatic heterocycles. The van der Waals surface area contributed by atoms with Gasteiger partial charge in [-0.3, -0.25) is 9.69 Å². The normalized spacial score (nSPS) is 15.7. The summed E-state index contributed by atoms with van der Waals surface area (Å²) in [6.45, 7) is 4.42. The number of hydrogen-bond acceptors (Lipinski definition) is 5. The van der Waals surface area contributed by atoms with Crippen LogP contribution in [0, 0.1) is 11.3 Å². The van der Waals surface area contributed by atoms with E-state index in [4.69, 9.17) is 5.26 Å². The van der Waals surface area contributed by atoms with Crippen molar-refractivity contribution in [1.29, 1.82) is 5.26 Å². The Morgan fingerprint density at radius 3 is 2.75 bits per heavy atom. The first kappa shape index (κ1) is 14.4. The molecule has 1 aromatic rings. The fraction of sp³-hybridized carbons (Fsp3) is 0.467. The molecule has 0 saturated carbocycles. The van der Waals surface area contributed by atoms with E-state index in [1.165, 1.54) is 7.11 Å². The first-order valence-corrected chi connectivity index (χ1v) is 6.77. The quantitative estimate of drug-likeness (QED) is 0.773. The minimum atomic E-state index is -0.158. The van der Waals surface area contributed by atoms with Gasteiger partial charge in [0.15, 0.2) is 0 Å². The molecule has 0 atom stereocenters. The summed E-state index contributed by atoms with van der Waals surface area (Å²) in [5.41, 5.74) is 1.78. The third-order valence-electron chi connectivity index (χ3n) is 3.57. The number of rotatable bonds is 4. The summed E-state index contributed by atoms with van der Waals surface area (Å²) in [6, 6.07) is 9.85. The standard InChI is InChI=1S/C15H19N3O2/c1-20-15(19)5-6-17-7-9-18(10-8-17)14-4-2-3-13(11-14)12-16/h2-4,11H,5-10H2,1H3. The van der Waals surface area contributed by atoms with Crippen LogP contribution in [0.1, 0.15) is 12.0 Å². The minimum absolute atomic E-state index is 0.158. The largest absolute Gasteiger partial charge is 0.469 e. The fourth-order valence-corrected chi connectivity index (χ4v) is 2.35. The van der Waals surface area contributed by atoms with E-state index in [9.17, 15) is 4.79 Å². The summed E-state index contributed by atoms with van der Waals surface area (Å²) >= 11 is 0. The lowest BCUT2D eigenvalue weighted by Gasteiger charge is -2.36. The molecule has 20 heavy (non-hydrogen) atoms. The molecule has 5 heteroatoms. The van der Waals surface area contributed by atoms with Crippen LogP contribution in [0.4, 0.5) is 5.69 Å². The Bertz CT molecular complexity index is 502. The molecular formula is C15H19N3O2. The highest BCUT2D eigenvalue weighted by atomic mass is 16.5. The monoisotopic (exact) mass is 273 g/mol. The summed E-state index contributed by atoms with van der Waals surface area (Å²) in [4.78, 5) is 15.7. The fourth-order valence-electron chi connectivity index (χ4n) is 2.35. The highest BCUT2D eigenvalue weighted by Crippen LogP contribution is 2.17. The van der Waals surface area contributed by atoms with Crippen molar-refractivity contribution in [2.75, 3.05) is 44.7 Å². The van der Waals surface area contributed by atoms with E-state index < -0.39 is 0 Å². The average molecular weight is 273 g/mol. The van der Waals surface area contributed by atoms with Gasteiger partial charge in [0, 0.05) is 38.4 Å². The highest BCUT2D eigenvalue weighted by molar-refractivity contribution is 5.69. The van der Waals surface area contributed by atoms with Crippen LogP contribution < -0.4 is 4.90 Å². The van der Waals surface area contributed by atoms with Gasteiger partial charge in [0.2, 0.25) is 0 Å². The Morgan fingerprint density at radius 2 is 2.10 bits per heavy atom. The van der Waals surface area contributed by atoms with E-state index in [1.807, 2.05) is 24.3 Å². The third-order valence-corrected chi connectivity index (χ3v) is 3.57. The Balaban J connectivity index is 1.85. The lowest BCUT2D eigenvalue weighted by atomic mass is 10.2. The van der Waals surface area contributed by atoms with Gasteiger partial charge in [0.25, 0.3) is 0 Å². The average Bonchev–Trinajstić information content (AvgIpc) is 2.53. The number of ether oxygens (including phenoxy) is 1. The van der Waals surface area contributed by atoms with Gasteiger partial charge in [0.05, 0.1) is 25.2 Å². The first-order chi connectivity index (χ1) is 9.72. The molecule has 0 N–H and O–H groups in total. The molecular weight excluding hydrogens is 254 g/mol. The molecule has 1 heterocycles. The lowest BCUT2D eigenvalue weighted by Crippen LogP contribution is -2.47. The molecule has 1 fully saturated rings. The van der Waals surface area contributed by atoms with Crippen molar-refractivity contribution in [3.8, 4) is 6.07 Å². The van der Waals surface area contributed by atoms with Gasteiger partial charge in [-0.15, -0.1) is 0 Å². The van der Waals surface area contributed by atoms with E-state index >= 15 is 0 Å². The molecule has 0 amide bonds. The number of nitrogens with zero attached hydrogens (tertiary/aromatic N) is 3. The number of nitriles is 1. The van der Waals surface area contributed by atoms with Gasteiger partial charge in [0.1, 0.15) is 0 Å². The Hall–Kier alpha value is -2.06. The van der Waals surface area contributed by atoms with Crippen LogP contribution in [-0.2, 0) is 9.53 Å². The van der Waals surface area contributed by atoms with Gasteiger partial charge in [-0.05, 0) is 18.2 Å². The van der Waals surface area contributed by atoms with Gasteiger partial charge in [-0.1, -0.05) is 6.07 Å². The summed E-state index contributed by atoms with van der Waals surface area (Å²) < 4.78 is 4.65. The number of methoxy groups -OCH3 is 1. The molecule has 0 aromatic heterocycles. The molecule has 0 radical (unpaired) electrons. The maximum Gasteiger partial charge on any atom is 0.306 e. The van der Waals surface area contributed by atoms with E-state index in [2.05, 4.69) is 20.6 Å². The maximum atomic E-state index is 11.1. The van der Waals surface area contributed by atoms with Gasteiger partial charge >= 0.3 is 5.97 Å². The maximum absolute atomic E-state index is 11.1. The molecule has 5 nitrogen and oxygen atoms in total. The highest BCUT2D eigenvalue weighted by Gasteiger charge is 2.18. The number of carbonyl (C=O) groups excluding carboxylic acids is 1. The second kappa shape index (κ2) is 6.92. The molecule has 0 unspecified atom stereocenters. The zero-order valence-electron chi connectivity index (χ0n) is 11.7. The molecule has 0 aliphatic carbocycles. The number of carbonyl (C=O) groups is 1. The zero-order valence-corrected chi connectivity index (χ0v) is 11.7. The third kappa shape index (κ3) is 3.72. The van der Waals surface area contributed by atoms with Crippen molar-refractivity contribution < 1.29 is 9.53 Å². The van der Waals surface area contributed by atoms with Gasteiger partial charge < -0.3 is 9.64 Å². The Kier molecular flexibility index (Phi) is 4.97. The van der Waals surface area contributed by atoms with Crippen LogP contribution in [0.3, 0.4) is 0 Å². The number of piperazine rings is 1. The van der Waals surface area contributed by atoms with Gasteiger partial charge in [-0.25, -0.2) is 0 Å². The van der Waals surface area contributed by atoms with Crippen molar-refractivity contribution in [3.63, 3.8) is 0 Å². The first-order valence-electron chi connectivity index (χ1n) is 6.77. The van der Waals surface area contributed by atoms with E-state index in [0.717, 1.165) is 38.4 Å². The molecule has 2 rings (SSSR count). The number of hydrogen-bond donors (Lipinski definition) is 0. The van der Waals surface area contributed by atoms with Crippen molar-refractivity contribution in [2.24, 2.45) is 0 Å². The van der Waals surface area contributed by atoms with Crippen molar-refractivity contribution in [3.05, 3.63) is 29.8 Å². The van der Waals surface area contributed by atoms with Gasteiger partial charge in [-0.2, -0.15) is 5.26 Å². The summed E-state index contributed by atoms with van der Waals surface area (Å²) in [6.07, 6.45) is 0.445. The van der Waals surface area contributed by atoms with E-state index in [0.29, 0.717) is 12.0 Å². The summed E-state index contributed by atoms with van der Waals surface area (Å²) in [5, 5.41) is 8.93. The Morgan fingerprint density at radius 1 is 1.35 bits per heavy atom. The molecule has 106 valence electrons. The number of esters is 1. The minimum Gasteiger partial charge on any atom is -0.469 e. The second-order valence-corrected chi connectivity index (χ2v) is 4.82. The van der Waals surface area contributed by atoms with Crippen molar-refractivity contribution in [2.45, 2.75) is 6.42 Å². The van der Waals surface area contributed by atoms with Crippen LogP contribution in [0.2, 0.25) is 0 Å². The van der Waals surface area contributed by atoms with Crippen LogP contribution >= 0.6 is 0 Å². The molecule has 1 saturated heterocycles. The van der Waals surface area contributed by atoms with Crippen LogP contribution in [0.5, 0.6) is 0 Å². The summed E-state index contributed by atoms with van der Waals surface area (Å²) in [5.74, 6) is -0.158. The van der Waals surface area contributed by atoms with Crippen molar-refractivity contribution >= 4 is 11.7 Å². The topological polar surface area (TPSA) is 56.6 Å². The number of benzene rings is 1. The Labute approximate surface area is 119 Å². The van der Waals surface area contributed by atoms with Crippen molar-refractivity contribution in [1.82, 2.24) is 4.90 Å². The van der Waals surface area contributed by atoms with Crippen LogP contribution in [0.15, 0.2) is 24.3 Å². The summed E-state index contributed by atoms with van der Waals surface area (Å²) in [7, 11) is 1.42. The zero-order chi connectivity index (χ0) is 14.4. The smallest absolute Gasteiger partial charge is 0.306 e. The van der Waals surface area contributed by atoms with E-state index in [1.54, 1.807) is 0 Å². The number of anilines is 1. The molecule has 0 spiro atoms. The lowest BCUT2D eigenvalue weighted by molar-refractivity contribution is -0.141. The molecule has 1 aromatic carbocycles. The molecule has 1 aliphatic rings. The SMILES string of the molecule is COC(=O)CCN1CCN(c2cccc(C#N)c2)CC1. The van der Waals surface area contributed by atoms with Crippen LogP contribution in [-0.4, -0.2) is 50.7 Å². The van der Waals surface area contributed by atoms with Crippen LogP contribution in [0.25, 0.3) is 0 Å². The molecule has 0 bridgehead atoms.